The quantitative estimate of drug-likeness (QED) is 0.332. The number of halogens is 1. The zero-order valence-electron chi connectivity index (χ0n) is 19.4. The molecular formula is C25H28ClNO8. The van der Waals surface area contributed by atoms with Gasteiger partial charge < -0.3 is 39.7 Å². The number of rotatable bonds is 7. The lowest BCUT2D eigenvalue weighted by molar-refractivity contribution is -0.329. The molecule has 0 spiro atoms. The fraction of sp³-hybridized carbons (Fsp3) is 0.440. The van der Waals surface area contributed by atoms with Gasteiger partial charge in [0.1, 0.15) is 24.9 Å². The lowest BCUT2D eigenvalue weighted by atomic mass is 9.83. The summed E-state index contributed by atoms with van der Waals surface area (Å²) in [6.45, 7) is 2.75. The SMILES string of the molecule is CCOC(=O)OC[C@@]12CO[C@@](c3ccc(Cl)c(Cc4ccc(C(C)=N)cc4)c3)(O1)[C@H](O)[C@@H](O)[C@@H]2O. The molecule has 2 fully saturated rings. The maximum absolute atomic E-state index is 11.7. The molecule has 2 saturated heterocycles. The van der Waals surface area contributed by atoms with Crippen molar-refractivity contribution in [3.05, 3.63) is 69.7 Å². The minimum atomic E-state index is -1.81. The molecule has 0 aromatic heterocycles. The maximum atomic E-state index is 11.7. The lowest BCUT2D eigenvalue weighted by Crippen LogP contribution is -2.65. The third-order valence-corrected chi connectivity index (χ3v) is 6.76. The number of aliphatic hydroxyl groups excluding tert-OH is 3. The molecule has 5 atom stereocenters. The van der Waals surface area contributed by atoms with Crippen molar-refractivity contribution in [2.45, 2.75) is 50.0 Å². The summed E-state index contributed by atoms with van der Waals surface area (Å²) in [5.74, 6) is -1.81. The second kappa shape index (κ2) is 9.85. The summed E-state index contributed by atoms with van der Waals surface area (Å²) in [4.78, 5) is 11.7. The number of hydrogen-bond donors (Lipinski definition) is 4. The normalized spacial score (nSPS) is 29.6. The maximum Gasteiger partial charge on any atom is 0.508 e. The van der Waals surface area contributed by atoms with Crippen LogP contribution < -0.4 is 0 Å². The van der Waals surface area contributed by atoms with Crippen molar-refractivity contribution in [3.63, 3.8) is 0 Å². The fourth-order valence-electron chi connectivity index (χ4n) is 4.42. The van der Waals surface area contributed by atoms with Gasteiger partial charge in [-0.3, -0.25) is 0 Å². The van der Waals surface area contributed by atoms with E-state index in [1.807, 2.05) is 24.3 Å². The number of fused-ring (bicyclic) bond motifs is 2. The predicted molar refractivity (Wildman–Crippen MR) is 126 cm³/mol. The molecule has 0 aliphatic carbocycles. The molecular weight excluding hydrogens is 478 g/mol. The Morgan fingerprint density at radius 3 is 2.51 bits per heavy atom. The molecule has 2 aromatic rings. The van der Waals surface area contributed by atoms with Gasteiger partial charge in [-0.25, -0.2) is 4.79 Å². The number of hydrogen-bond acceptors (Lipinski definition) is 9. The standard InChI is InChI=1S/C25H28ClNO8/c1-3-32-23(31)33-12-24-13-34-25(35-24,22(30)20(28)21(24)29)18-8-9-19(26)17(11-18)10-15-4-6-16(7-5-15)14(2)27/h4-9,11,20-22,27-30H,3,10,12-13H2,1-2H3/t20-,21-,22+,24-,25-/m0/s1. The molecule has 10 heteroatoms. The van der Waals surface area contributed by atoms with Crippen LogP contribution in [-0.4, -0.2) is 70.9 Å². The summed E-state index contributed by atoms with van der Waals surface area (Å²) in [5.41, 5.74) is 1.74. The Bertz CT molecular complexity index is 1110. The molecule has 0 unspecified atom stereocenters. The highest BCUT2D eigenvalue weighted by Gasteiger charge is 2.67. The van der Waals surface area contributed by atoms with E-state index in [0.29, 0.717) is 22.7 Å². The number of benzene rings is 2. The van der Waals surface area contributed by atoms with E-state index >= 15 is 0 Å². The smallest absolute Gasteiger partial charge is 0.435 e. The molecule has 2 bridgehead atoms. The first-order chi connectivity index (χ1) is 16.6. The predicted octanol–water partition coefficient (Wildman–Crippen LogP) is 2.53. The number of carbonyl (C=O) groups excluding carboxylic acids is 1. The van der Waals surface area contributed by atoms with Gasteiger partial charge in [0, 0.05) is 16.3 Å². The number of aliphatic hydroxyl groups is 3. The minimum absolute atomic E-state index is 0.105. The number of ether oxygens (including phenoxy) is 4. The molecule has 2 aliphatic rings. The van der Waals surface area contributed by atoms with Gasteiger partial charge in [-0.1, -0.05) is 41.9 Å². The molecule has 2 aromatic carbocycles. The number of carbonyl (C=O) groups is 1. The van der Waals surface area contributed by atoms with Crippen LogP contribution in [0.5, 0.6) is 0 Å². The molecule has 0 radical (unpaired) electrons. The molecule has 0 amide bonds. The number of nitrogens with one attached hydrogen (secondary N) is 1. The van der Waals surface area contributed by atoms with E-state index in [9.17, 15) is 20.1 Å². The Kier molecular flexibility index (Phi) is 7.19. The lowest BCUT2D eigenvalue weighted by Gasteiger charge is -2.46. The Balaban J connectivity index is 1.63. The summed E-state index contributed by atoms with van der Waals surface area (Å²) in [7, 11) is 0. The molecule has 4 rings (SSSR count). The zero-order chi connectivity index (χ0) is 25.4. The Labute approximate surface area is 207 Å². The first-order valence-corrected chi connectivity index (χ1v) is 11.6. The van der Waals surface area contributed by atoms with Crippen LogP contribution in [0.3, 0.4) is 0 Å². The summed E-state index contributed by atoms with van der Waals surface area (Å²) in [6, 6.07) is 12.5. The van der Waals surface area contributed by atoms with Gasteiger partial charge in [-0.05, 0) is 49.1 Å². The monoisotopic (exact) mass is 505 g/mol. The summed E-state index contributed by atoms with van der Waals surface area (Å²) in [6.07, 6.45) is -5.33. The van der Waals surface area contributed by atoms with Crippen LogP contribution >= 0.6 is 11.6 Å². The molecule has 4 N–H and O–H groups in total. The van der Waals surface area contributed by atoms with E-state index in [1.54, 1.807) is 32.0 Å². The summed E-state index contributed by atoms with van der Waals surface area (Å²) in [5, 5.41) is 40.4. The molecule has 35 heavy (non-hydrogen) atoms. The topological polar surface area (TPSA) is 139 Å². The highest BCUT2D eigenvalue weighted by molar-refractivity contribution is 6.31. The van der Waals surface area contributed by atoms with Crippen molar-refractivity contribution >= 4 is 23.5 Å². The third kappa shape index (κ3) is 4.67. The Hall–Kier alpha value is -2.53. The third-order valence-electron chi connectivity index (χ3n) is 6.39. The highest BCUT2D eigenvalue weighted by atomic mass is 35.5. The van der Waals surface area contributed by atoms with Gasteiger partial charge in [0.15, 0.2) is 5.60 Å². The molecule has 188 valence electrons. The van der Waals surface area contributed by atoms with Crippen molar-refractivity contribution in [3.8, 4) is 0 Å². The van der Waals surface area contributed by atoms with Gasteiger partial charge in [-0.15, -0.1) is 0 Å². The fourth-order valence-corrected chi connectivity index (χ4v) is 4.60. The highest BCUT2D eigenvalue weighted by Crippen LogP contribution is 2.50. The van der Waals surface area contributed by atoms with Crippen LogP contribution in [0, 0.1) is 5.41 Å². The molecule has 2 heterocycles. The van der Waals surface area contributed by atoms with Gasteiger partial charge in [0.25, 0.3) is 0 Å². The minimum Gasteiger partial charge on any atom is -0.435 e. The zero-order valence-corrected chi connectivity index (χ0v) is 20.1. The van der Waals surface area contributed by atoms with Crippen molar-refractivity contribution < 1.29 is 39.1 Å². The van der Waals surface area contributed by atoms with Crippen LogP contribution in [-0.2, 0) is 31.2 Å². The second-order valence-electron chi connectivity index (χ2n) is 8.78. The average Bonchev–Trinajstić information content (AvgIpc) is 3.22. The molecule has 2 aliphatic heterocycles. The van der Waals surface area contributed by atoms with Gasteiger partial charge >= 0.3 is 6.16 Å². The first-order valence-electron chi connectivity index (χ1n) is 11.2. The van der Waals surface area contributed by atoms with Crippen LogP contribution in [0.25, 0.3) is 0 Å². The average molecular weight is 506 g/mol. The van der Waals surface area contributed by atoms with E-state index in [4.69, 9.17) is 36.0 Å². The van der Waals surface area contributed by atoms with Gasteiger partial charge in [-0.2, -0.15) is 0 Å². The van der Waals surface area contributed by atoms with E-state index < -0.39 is 42.5 Å². The Morgan fingerprint density at radius 2 is 1.86 bits per heavy atom. The van der Waals surface area contributed by atoms with Crippen molar-refractivity contribution in [1.29, 1.82) is 5.41 Å². The van der Waals surface area contributed by atoms with Crippen LogP contribution in [0.15, 0.2) is 42.5 Å². The van der Waals surface area contributed by atoms with Gasteiger partial charge in [0.05, 0.1) is 13.2 Å². The largest absolute Gasteiger partial charge is 0.508 e. The van der Waals surface area contributed by atoms with E-state index in [0.717, 1.165) is 16.7 Å². The molecule has 9 nitrogen and oxygen atoms in total. The Morgan fingerprint density at radius 1 is 1.14 bits per heavy atom. The summed E-state index contributed by atoms with van der Waals surface area (Å²) >= 11 is 6.46. The first kappa shape index (κ1) is 25.6. The van der Waals surface area contributed by atoms with E-state index in [-0.39, 0.29) is 13.2 Å². The summed E-state index contributed by atoms with van der Waals surface area (Å²) < 4.78 is 21.8. The van der Waals surface area contributed by atoms with E-state index in [1.165, 1.54) is 0 Å². The van der Waals surface area contributed by atoms with E-state index in [2.05, 4.69) is 0 Å². The second-order valence-corrected chi connectivity index (χ2v) is 9.19. The van der Waals surface area contributed by atoms with Crippen LogP contribution in [0.2, 0.25) is 5.02 Å². The van der Waals surface area contributed by atoms with Crippen LogP contribution in [0.4, 0.5) is 4.79 Å². The molecule has 0 saturated carbocycles. The van der Waals surface area contributed by atoms with Crippen molar-refractivity contribution in [1.82, 2.24) is 0 Å². The van der Waals surface area contributed by atoms with Crippen molar-refractivity contribution in [2.24, 2.45) is 0 Å². The van der Waals surface area contributed by atoms with Gasteiger partial charge in [0.2, 0.25) is 5.79 Å². The van der Waals surface area contributed by atoms with Crippen molar-refractivity contribution in [2.75, 3.05) is 19.8 Å². The van der Waals surface area contributed by atoms with Crippen LogP contribution in [0.1, 0.15) is 36.1 Å².